The first-order chi connectivity index (χ1) is 8.06. The van der Waals surface area contributed by atoms with Gasteiger partial charge in [0.25, 0.3) is 0 Å². The summed E-state index contributed by atoms with van der Waals surface area (Å²) >= 11 is 1.68. The molecule has 1 saturated heterocycles. The number of rotatable bonds is 4. The lowest BCUT2D eigenvalue weighted by atomic mass is 10.1. The molecule has 5 heteroatoms. The SMILES string of the molecule is Cc1nnc(N(C)CC2CCN(C(C)C)C2)s1. The summed E-state index contributed by atoms with van der Waals surface area (Å²) in [6.07, 6.45) is 1.31. The van der Waals surface area contributed by atoms with Crippen molar-refractivity contribution in [3.05, 3.63) is 5.01 Å². The number of anilines is 1. The van der Waals surface area contributed by atoms with Gasteiger partial charge in [0, 0.05) is 26.2 Å². The summed E-state index contributed by atoms with van der Waals surface area (Å²) in [7, 11) is 2.12. The lowest BCUT2D eigenvalue weighted by molar-refractivity contribution is 0.265. The molecule has 0 N–H and O–H groups in total. The molecule has 1 fully saturated rings. The van der Waals surface area contributed by atoms with Crippen molar-refractivity contribution in [1.82, 2.24) is 15.1 Å². The second-order valence-electron chi connectivity index (χ2n) is 5.23. The summed E-state index contributed by atoms with van der Waals surface area (Å²) in [5.74, 6) is 0.770. The lowest BCUT2D eigenvalue weighted by Gasteiger charge is -2.22. The highest BCUT2D eigenvalue weighted by Gasteiger charge is 2.25. The van der Waals surface area contributed by atoms with Crippen molar-refractivity contribution >= 4 is 16.5 Å². The summed E-state index contributed by atoms with van der Waals surface area (Å²) in [6, 6.07) is 0.675. The monoisotopic (exact) mass is 254 g/mol. The molecule has 2 heterocycles. The molecule has 4 nitrogen and oxygen atoms in total. The van der Waals surface area contributed by atoms with Crippen molar-refractivity contribution in [3.8, 4) is 0 Å². The van der Waals surface area contributed by atoms with Gasteiger partial charge in [0.15, 0.2) is 0 Å². The summed E-state index contributed by atoms with van der Waals surface area (Å²) in [4.78, 5) is 4.81. The second kappa shape index (κ2) is 5.31. The Labute approximate surface area is 108 Å². The molecule has 0 aliphatic carbocycles. The summed E-state index contributed by atoms with van der Waals surface area (Å²) in [6.45, 7) is 10.1. The van der Waals surface area contributed by atoms with Gasteiger partial charge in [-0.05, 0) is 39.7 Å². The molecule has 1 aliphatic heterocycles. The van der Waals surface area contributed by atoms with E-state index >= 15 is 0 Å². The molecule has 0 amide bonds. The van der Waals surface area contributed by atoms with Crippen LogP contribution in [-0.2, 0) is 0 Å². The third-order valence-electron chi connectivity index (χ3n) is 3.42. The third-order valence-corrected chi connectivity index (χ3v) is 4.37. The van der Waals surface area contributed by atoms with Gasteiger partial charge in [-0.25, -0.2) is 0 Å². The Hall–Kier alpha value is -0.680. The van der Waals surface area contributed by atoms with E-state index in [1.165, 1.54) is 19.5 Å². The normalized spacial score (nSPS) is 21.4. The Morgan fingerprint density at radius 2 is 2.24 bits per heavy atom. The van der Waals surface area contributed by atoms with Gasteiger partial charge in [-0.3, -0.25) is 0 Å². The van der Waals surface area contributed by atoms with Gasteiger partial charge in [0.05, 0.1) is 0 Å². The van der Waals surface area contributed by atoms with E-state index in [9.17, 15) is 0 Å². The molecule has 1 aromatic heterocycles. The molecule has 0 bridgehead atoms. The minimum Gasteiger partial charge on any atom is -0.349 e. The zero-order valence-electron chi connectivity index (χ0n) is 11.2. The Morgan fingerprint density at radius 1 is 1.47 bits per heavy atom. The topological polar surface area (TPSA) is 32.3 Å². The molecule has 0 spiro atoms. The molecule has 1 unspecified atom stereocenters. The number of hydrogen-bond acceptors (Lipinski definition) is 5. The molecule has 1 aromatic rings. The van der Waals surface area contributed by atoms with Crippen LogP contribution in [0.3, 0.4) is 0 Å². The summed E-state index contributed by atoms with van der Waals surface area (Å²) in [5.41, 5.74) is 0. The average molecular weight is 254 g/mol. The fourth-order valence-corrected chi connectivity index (χ4v) is 3.04. The standard InChI is InChI=1S/C12H22N4S/c1-9(2)16-6-5-11(8-16)7-15(4)12-14-13-10(3)17-12/h9,11H,5-8H2,1-4H3. The Kier molecular flexibility index (Phi) is 3.99. The van der Waals surface area contributed by atoms with Gasteiger partial charge >= 0.3 is 0 Å². The first kappa shape index (κ1) is 12.8. The highest BCUT2D eigenvalue weighted by Crippen LogP contribution is 2.23. The average Bonchev–Trinajstić information content (AvgIpc) is 2.86. The summed E-state index contributed by atoms with van der Waals surface area (Å²) < 4.78 is 0. The van der Waals surface area contributed by atoms with Crippen LogP contribution >= 0.6 is 11.3 Å². The zero-order valence-corrected chi connectivity index (χ0v) is 12.0. The molecule has 1 aliphatic rings. The molecular weight excluding hydrogens is 232 g/mol. The number of nitrogens with zero attached hydrogens (tertiary/aromatic N) is 4. The van der Waals surface area contributed by atoms with Gasteiger partial charge in [-0.15, -0.1) is 10.2 Å². The minimum absolute atomic E-state index is 0.675. The third kappa shape index (κ3) is 3.16. The van der Waals surface area contributed by atoms with Crippen LogP contribution in [0, 0.1) is 12.8 Å². The molecule has 0 saturated carbocycles. The Morgan fingerprint density at radius 3 is 2.76 bits per heavy atom. The van der Waals surface area contributed by atoms with Crippen LogP contribution in [0.1, 0.15) is 25.3 Å². The Balaban J connectivity index is 1.86. The van der Waals surface area contributed by atoms with Crippen LogP contribution in [0.5, 0.6) is 0 Å². The van der Waals surface area contributed by atoms with Gasteiger partial charge in [0.1, 0.15) is 5.01 Å². The fourth-order valence-electron chi connectivity index (χ4n) is 2.39. The van der Waals surface area contributed by atoms with E-state index in [1.807, 2.05) is 6.92 Å². The van der Waals surface area contributed by atoms with E-state index in [0.29, 0.717) is 6.04 Å². The quantitative estimate of drug-likeness (QED) is 0.823. The maximum Gasteiger partial charge on any atom is 0.208 e. The van der Waals surface area contributed by atoms with Gasteiger partial charge in [-0.2, -0.15) is 0 Å². The van der Waals surface area contributed by atoms with Gasteiger partial charge in [0.2, 0.25) is 5.13 Å². The number of aromatic nitrogens is 2. The maximum atomic E-state index is 4.19. The number of likely N-dealkylation sites (tertiary alicyclic amines) is 1. The fraction of sp³-hybridized carbons (Fsp3) is 0.833. The summed E-state index contributed by atoms with van der Waals surface area (Å²) in [5, 5.41) is 10.4. The first-order valence-corrected chi connectivity index (χ1v) is 7.13. The largest absolute Gasteiger partial charge is 0.349 e. The van der Waals surface area contributed by atoms with Crippen molar-refractivity contribution < 1.29 is 0 Å². The smallest absolute Gasteiger partial charge is 0.208 e. The van der Waals surface area contributed by atoms with E-state index in [-0.39, 0.29) is 0 Å². The van der Waals surface area contributed by atoms with Crippen LogP contribution in [0.15, 0.2) is 0 Å². The van der Waals surface area contributed by atoms with E-state index in [2.05, 4.69) is 40.9 Å². The second-order valence-corrected chi connectivity index (χ2v) is 6.39. The van der Waals surface area contributed by atoms with Gasteiger partial charge in [-0.1, -0.05) is 11.3 Å². The Bertz CT molecular complexity index is 363. The molecule has 0 radical (unpaired) electrons. The van der Waals surface area contributed by atoms with Crippen molar-refractivity contribution in [2.24, 2.45) is 5.92 Å². The molecule has 0 aromatic carbocycles. The van der Waals surface area contributed by atoms with E-state index < -0.39 is 0 Å². The highest BCUT2D eigenvalue weighted by atomic mass is 32.1. The molecule has 2 rings (SSSR count). The van der Waals surface area contributed by atoms with E-state index in [4.69, 9.17) is 0 Å². The van der Waals surface area contributed by atoms with Crippen molar-refractivity contribution in [2.45, 2.75) is 33.2 Å². The predicted octanol–water partition coefficient (Wildman–Crippen LogP) is 2.01. The van der Waals surface area contributed by atoms with Crippen molar-refractivity contribution in [1.29, 1.82) is 0 Å². The van der Waals surface area contributed by atoms with Crippen LogP contribution < -0.4 is 4.90 Å². The molecular formula is C12H22N4S. The lowest BCUT2D eigenvalue weighted by Crippen LogP contribution is -2.31. The van der Waals surface area contributed by atoms with E-state index in [1.54, 1.807) is 11.3 Å². The van der Waals surface area contributed by atoms with Gasteiger partial charge < -0.3 is 9.80 Å². The first-order valence-electron chi connectivity index (χ1n) is 6.31. The van der Waals surface area contributed by atoms with Crippen LogP contribution in [0.4, 0.5) is 5.13 Å². The predicted molar refractivity (Wildman–Crippen MR) is 72.7 cm³/mol. The van der Waals surface area contributed by atoms with E-state index in [0.717, 1.165) is 22.6 Å². The molecule has 1 atom stereocenters. The minimum atomic E-state index is 0.675. The number of hydrogen-bond donors (Lipinski definition) is 0. The van der Waals surface area contributed by atoms with Crippen molar-refractivity contribution in [2.75, 3.05) is 31.6 Å². The van der Waals surface area contributed by atoms with Crippen LogP contribution in [0.2, 0.25) is 0 Å². The van der Waals surface area contributed by atoms with Crippen LogP contribution in [0.25, 0.3) is 0 Å². The highest BCUT2D eigenvalue weighted by molar-refractivity contribution is 7.15. The molecule has 96 valence electrons. The molecule has 17 heavy (non-hydrogen) atoms. The maximum absolute atomic E-state index is 4.19. The van der Waals surface area contributed by atoms with Crippen molar-refractivity contribution in [3.63, 3.8) is 0 Å². The van der Waals surface area contributed by atoms with Crippen LogP contribution in [-0.4, -0.2) is 47.8 Å². The number of aryl methyl sites for hydroxylation is 1. The zero-order chi connectivity index (χ0) is 12.4.